The Kier molecular flexibility index (Phi) is 3.37. The van der Waals surface area contributed by atoms with Gasteiger partial charge in [-0.05, 0) is 6.92 Å². The molecule has 0 saturated carbocycles. The highest BCUT2D eigenvalue weighted by atomic mass is 16.5. The molecule has 104 valence electrons. The number of nitrogens with one attached hydrogen (secondary N) is 1. The summed E-state index contributed by atoms with van der Waals surface area (Å²) in [6, 6.07) is 9.66. The molecular weight excluding hydrogens is 256 g/mol. The zero-order chi connectivity index (χ0) is 13.9. The highest BCUT2D eigenvalue weighted by Crippen LogP contribution is 2.27. The smallest absolute Gasteiger partial charge is 0.317 e. The van der Waals surface area contributed by atoms with Crippen LogP contribution in [0.1, 0.15) is 18.7 Å². The van der Waals surface area contributed by atoms with Crippen molar-refractivity contribution < 1.29 is 9.32 Å². The molecule has 2 amide bonds. The lowest BCUT2D eigenvalue weighted by molar-refractivity contribution is 0.137. The molecule has 1 aliphatic rings. The van der Waals surface area contributed by atoms with Crippen LogP contribution in [-0.4, -0.2) is 40.7 Å². The second kappa shape index (κ2) is 5.32. The maximum atomic E-state index is 11.6. The fourth-order valence-corrected chi connectivity index (χ4v) is 2.17. The Balaban J connectivity index is 1.64. The topological polar surface area (TPSA) is 71.3 Å². The third kappa shape index (κ3) is 2.36. The van der Waals surface area contributed by atoms with Gasteiger partial charge < -0.3 is 14.7 Å². The zero-order valence-electron chi connectivity index (χ0n) is 11.2. The highest BCUT2D eigenvalue weighted by molar-refractivity contribution is 5.75. The van der Waals surface area contributed by atoms with Crippen molar-refractivity contribution in [1.82, 2.24) is 20.4 Å². The van der Waals surface area contributed by atoms with E-state index >= 15 is 0 Å². The van der Waals surface area contributed by atoms with Gasteiger partial charge in [0.05, 0.1) is 5.92 Å². The first kappa shape index (κ1) is 12.7. The average molecular weight is 272 g/mol. The van der Waals surface area contributed by atoms with E-state index in [1.165, 1.54) is 0 Å². The number of benzene rings is 1. The lowest BCUT2D eigenvalue weighted by Gasteiger charge is -2.36. The number of aromatic nitrogens is 2. The minimum Gasteiger partial charge on any atom is -0.339 e. The van der Waals surface area contributed by atoms with Crippen LogP contribution in [0.2, 0.25) is 0 Å². The normalized spacial score (nSPS) is 14.9. The summed E-state index contributed by atoms with van der Waals surface area (Å²) >= 11 is 0. The molecule has 20 heavy (non-hydrogen) atoms. The van der Waals surface area contributed by atoms with Crippen molar-refractivity contribution in [2.75, 3.05) is 19.6 Å². The molecule has 2 heterocycles. The Morgan fingerprint density at radius 3 is 2.85 bits per heavy atom. The van der Waals surface area contributed by atoms with Gasteiger partial charge in [-0.3, -0.25) is 0 Å². The van der Waals surface area contributed by atoms with E-state index in [2.05, 4.69) is 15.5 Å². The number of carbonyl (C=O) groups is 1. The molecule has 1 aromatic carbocycles. The Morgan fingerprint density at radius 2 is 2.15 bits per heavy atom. The summed E-state index contributed by atoms with van der Waals surface area (Å²) in [5.41, 5.74) is 0.933. The standard InChI is InChI=1S/C14H16N4O2/c1-2-15-14(19)18-8-11(9-18)13-16-12(17-20-13)10-6-4-3-5-7-10/h3-7,11H,2,8-9H2,1H3,(H,15,19). The second-order valence-corrected chi connectivity index (χ2v) is 4.76. The van der Waals surface area contributed by atoms with Crippen LogP contribution in [0, 0.1) is 0 Å². The molecule has 1 saturated heterocycles. The molecule has 1 aromatic heterocycles. The number of nitrogens with zero attached hydrogens (tertiary/aromatic N) is 3. The Morgan fingerprint density at radius 1 is 1.40 bits per heavy atom. The fraction of sp³-hybridized carbons (Fsp3) is 0.357. The summed E-state index contributed by atoms with van der Waals surface area (Å²) in [5, 5.41) is 6.76. The highest BCUT2D eigenvalue weighted by Gasteiger charge is 2.35. The van der Waals surface area contributed by atoms with E-state index in [0.29, 0.717) is 31.3 Å². The molecule has 6 heteroatoms. The van der Waals surface area contributed by atoms with Crippen LogP contribution in [0.25, 0.3) is 11.4 Å². The largest absolute Gasteiger partial charge is 0.339 e. The molecule has 0 radical (unpaired) electrons. The number of rotatable bonds is 3. The fourth-order valence-electron chi connectivity index (χ4n) is 2.17. The van der Waals surface area contributed by atoms with Gasteiger partial charge in [0.15, 0.2) is 0 Å². The maximum absolute atomic E-state index is 11.6. The molecule has 1 aliphatic heterocycles. The summed E-state index contributed by atoms with van der Waals surface area (Å²) in [6.07, 6.45) is 0. The maximum Gasteiger partial charge on any atom is 0.317 e. The Bertz CT molecular complexity index is 590. The Labute approximate surface area is 116 Å². The van der Waals surface area contributed by atoms with Crippen LogP contribution >= 0.6 is 0 Å². The van der Waals surface area contributed by atoms with Gasteiger partial charge in [-0.25, -0.2) is 4.79 Å². The molecule has 0 aliphatic carbocycles. The van der Waals surface area contributed by atoms with Crippen molar-refractivity contribution in [3.8, 4) is 11.4 Å². The third-order valence-corrected chi connectivity index (χ3v) is 3.32. The van der Waals surface area contributed by atoms with Crippen molar-refractivity contribution in [2.24, 2.45) is 0 Å². The van der Waals surface area contributed by atoms with Crippen LogP contribution in [0.5, 0.6) is 0 Å². The SMILES string of the molecule is CCNC(=O)N1CC(c2nc(-c3ccccc3)no2)C1. The number of hydrogen-bond donors (Lipinski definition) is 1. The molecule has 0 spiro atoms. The lowest BCUT2D eigenvalue weighted by Crippen LogP contribution is -2.52. The monoisotopic (exact) mass is 272 g/mol. The molecule has 1 N–H and O–H groups in total. The predicted molar refractivity (Wildman–Crippen MR) is 73.1 cm³/mol. The number of amides is 2. The second-order valence-electron chi connectivity index (χ2n) is 4.76. The Hall–Kier alpha value is -2.37. The van der Waals surface area contributed by atoms with Gasteiger partial charge in [0.1, 0.15) is 0 Å². The van der Waals surface area contributed by atoms with Gasteiger partial charge in [0, 0.05) is 25.2 Å². The number of urea groups is 1. The number of hydrogen-bond acceptors (Lipinski definition) is 4. The summed E-state index contributed by atoms with van der Waals surface area (Å²) in [5.74, 6) is 1.34. The van der Waals surface area contributed by atoms with E-state index in [9.17, 15) is 4.79 Å². The van der Waals surface area contributed by atoms with Gasteiger partial charge in [0.25, 0.3) is 0 Å². The molecule has 0 bridgehead atoms. The van der Waals surface area contributed by atoms with Crippen LogP contribution in [0.15, 0.2) is 34.9 Å². The zero-order valence-corrected chi connectivity index (χ0v) is 11.2. The average Bonchev–Trinajstić information content (AvgIpc) is 2.88. The van der Waals surface area contributed by atoms with E-state index < -0.39 is 0 Å². The van der Waals surface area contributed by atoms with E-state index in [0.717, 1.165) is 5.56 Å². The molecule has 3 rings (SSSR count). The van der Waals surface area contributed by atoms with Gasteiger partial charge >= 0.3 is 6.03 Å². The van der Waals surface area contributed by atoms with Crippen molar-refractivity contribution >= 4 is 6.03 Å². The molecule has 2 aromatic rings. The molecule has 6 nitrogen and oxygen atoms in total. The predicted octanol–water partition coefficient (Wildman–Crippen LogP) is 1.87. The van der Waals surface area contributed by atoms with E-state index in [1.54, 1.807) is 4.90 Å². The van der Waals surface area contributed by atoms with Crippen LogP contribution in [0.4, 0.5) is 4.79 Å². The first-order valence-electron chi connectivity index (χ1n) is 6.69. The summed E-state index contributed by atoms with van der Waals surface area (Å²) in [7, 11) is 0. The quantitative estimate of drug-likeness (QED) is 0.925. The van der Waals surface area contributed by atoms with Crippen molar-refractivity contribution in [3.63, 3.8) is 0 Å². The molecule has 0 atom stereocenters. The van der Waals surface area contributed by atoms with Crippen LogP contribution in [-0.2, 0) is 0 Å². The van der Waals surface area contributed by atoms with Crippen molar-refractivity contribution in [1.29, 1.82) is 0 Å². The van der Waals surface area contributed by atoms with Gasteiger partial charge in [-0.1, -0.05) is 35.5 Å². The van der Waals surface area contributed by atoms with Gasteiger partial charge in [0.2, 0.25) is 11.7 Å². The number of likely N-dealkylation sites (tertiary alicyclic amines) is 1. The summed E-state index contributed by atoms with van der Waals surface area (Å²) in [4.78, 5) is 17.7. The summed E-state index contributed by atoms with van der Waals surface area (Å²) in [6.45, 7) is 3.79. The van der Waals surface area contributed by atoms with Crippen molar-refractivity contribution in [2.45, 2.75) is 12.8 Å². The lowest BCUT2D eigenvalue weighted by atomic mass is 10.0. The van der Waals surface area contributed by atoms with Gasteiger partial charge in [-0.2, -0.15) is 4.98 Å². The van der Waals surface area contributed by atoms with E-state index in [-0.39, 0.29) is 11.9 Å². The van der Waals surface area contributed by atoms with Crippen LogP contribution < -0.4 is 5.32 Å². The third-order valence-electron chi connectivity index (χ3n) is 3.32. The minimum absolute atomic E-state index is 0.0356. The summed E-state index contributed by atoms with van der Waals surface area (Å²) < 4.78 is 5.29. The van der Waals surface area contributed by atoms with Gasteiger partial charge in [-0.15, -0.1) is 0 Å². The molecule has 0 unspecified atom stereocenters. The molecular formula is C14H16N4O2. The number of carbonyl (C=O) groups excluding carboxylic acids is 1. The first-order valence-corrected chi connectivity index (χ1v) is 6.69. The van der Waals surface area contributed by atoms with Crippen molar-refractivity contribution in [3.05, 3.63) is 36.2 Å². The van der Waals surface area contributed by atoms with Crippen LogP contribution in [0.3, 0.4) is 0 Å². The van der Waals surface area contributed by atoms with E-state index in [4.69, 9.17) is 4.52 Å². The first-order chi connectivity index (χ1) is 9.78. The van der Waals surface area contributed by atoms with E-state index in [1.807, 2.05) is 37.3 Å². The molecule has 1 fully saturated rings. The minimum atomic E-state index is -0.0356.